The molecule has 0 aliphatic carbocycles. The van der Waals surface area contributed by atoms with E-state index in [4.69, 9.17) is 0 Å². The monoisotopic (exact) mass is 338 g/mol. The van der Waals surface area contributed by atoms with Crippen molar-refractivity contribution in [1.29, 1.82) is 0 Å². The zero-order valence-corrected chi connectivity index (χ0v) is 12.6. The molecule has 6 nitrogen and oxygen atoms in total. The summed E-state index contributed by atoms with van der Waals surface area (Å²) < 4.78 is 0.732. The van der Waals surface area contributed by atoms with Gasteiger partial charge in [-0.25, -0.2) is 4.79 Å². The maximum atomic E-state index is 12.4. The molecule has 106 valence electrons. The van der Waals surface area contributed by atoms with Crippen molar-refractivity contribution < 1.29 is 4.79 Å². The lowest BCUT2D eigenvalue weighted by Crippen LogP contribution is -2.48. The Kier molecular flexibility index (Phi) is 3.18. The van der Waals surface area contributed by atoms with Gasteiger partial charge in [-0.05, 0) is 54.4 Å². The number of carbonyl (C=O) groups excluding carboxylic acids is 1. The molecule has 1 aromatic carbocycles. The van der Waals surface area contributed by atoms with E-state index in [2.05, 4.69) is 36.5 Å². The second-order valence-electron chi connectivity index (χ2n) is 5.27. The average Bonchev–Trinajstić information content (AvgIpc) is 2.96. The summed E-state index contributed by atoms with van der Waals surface area (Å²) in [4.78, 5) is 29.0. The molecule has 7 heteroatoms. The number of carbonyl (C=O) groups is 1. The summed E-state index contributed by atoms with van der Waals surface area (Å²) in [6, 6.07) is 3.51. The average molecular weight is 339 g/mol. The van der Waals surface area contributed by atoms with Crippen LogP contribution in [0, 0.1) is 0 Å². The van der Waals surface area contributed by atoms with E-state index in [9.17, 15) is 9.59 Å². The summed E-state index contributed by atoms with van der Waals surface area (Å²) in [6.45, 7) is 2.76. The molecule has 0 bridgehead atoms. The number of benzene rings is 1. The second-order valence-corrected chi connectivity index (χ2v) is 6.13. The molecular weight excluding hydrogens is 324 g/mol. The highest BCUT2D eigenvalue weighted by molar-refractivity contribution is 9.10. The lowest BCUT2D eigenvalue weighted by Gasteiger charge is -2.23. The summed E-state index contributed by atoms with van der Waals surface area (Å²) in [7, 11) is 0. The third-order valence-corrected chi connectivity index (χ3v) is 4.38. The topological polar surface area (TPSA) is 89.8 Å². The quantitative estimate of drug-likeness (QED) is 0.671. The van der Waals surface area contributed by atoms with E-state index < -0.39 is 5.54 Å². The van der Waals surface area contributed by atoms with Crippen molar-refractivity contribution in [3.05, 3.63) is 27.1 Å². The molecule has 0 spiro atoms. The van der Waals surface area contributed by atoms with Gasteiger partial charge in [0, 0.05) is 4.47 Å². The molecular formula is C13H15BrN4O2. The number of fused-ring (bicyclic) bond motifs is 1. The van der Waals surface area contributed by atoms with Crippen molar-refractivity contribution >= 4 is 38.6 Å². The van der Waals surface area contributed by atoms with Gasteiger partial charge in [0.1, 0.15) is 0 Å². The summed E-state index contributed by atoms with van der Waals surface area (Å²) in [5, 5.41) is 6.13. The van der Waals surface area contributed by atoms with Crippen molar-refractivity contribution in [2.75, 3.05) is 11.9 Å². The molecule has 1 amide bonds. The number of aromatic nitrogens is 2. The fraction of sp³-hybridized carbons (Fsp3) is 0.385. The predicted octanol–water partition coefficient (Wildman–Crippen LogP) is 1.70. The Hall–Kier alpha value is -1.60. The van der Waals surface area contributed by atoms with Crippen LogP contribution in [0.15, 0.2) is 21.4 Å². The van der Waals surface area contributed by atoms with Crippen LogP contribution in [0.2, 0.25) is 0 Å². The number of anilines is 1. The summed E-state index contributed by atoms with van der Waals surface area (Å²) in [5.41, 5.74) is 1.22. The Morgan fingerprint density at radius 1 is 1.35 bits per heavy atom. The number of H-pyrrole nitrogens is 2. The maximum Gasteiger partial charge on any atom is 0.323 e. The minimum absolute atomic E-state index is 0.0621. The molecule has 1 unspecified atom stereocenters. The number of nitrogens with one attached hydrogen (secondary N) is 4. The van der Waals surface area contributed by atoms with Gasteiger partial charge in [-0.1, -0.05) is 0 Å². The number of hydrogen-bond donors (Lipinski definition) is 4. The number of amides is 1. The first-order chi connectivity index (χ1) is 9.48. The Labute approximate surface area is 123 Å². The fourth-order valence-corrected chi connectivity index (χ4v) is 2.94. The molecule has 2 heterocycles. The van der Waals surface area contributed by atoms with E-state index in [1.165, 1.54) is 0 Å². The first kappa shape index (κ1) is 13.4. The highest BCUT2D eigenvalue weighted by Crippen LogP contribution is 2.28. The van der Waals surface area contributed by atoms with Crippen LogP contribution in [0.25, 0.3) is 11.0 Å². The van der Waals surface area contributed by atoms with Gasteiger partial charge in [0.05, 0.1) is 22.3 Å². The first-order valence-corrected chi connectivity index (χ1v) is 7.25. The van der Waals surface area contributed by atoms with Gasteiger partial charge in [0.25, 0.3) is 0 Å². The highest BCUT2D eigenvalue weighted by atomic mass is 79.9. The van der Waals surface area contributed by atoms with Gasteiger partial charge >= 0.3 is 5.69 Å². The largest absolute Gasteiger partial charge is 0.323 e. The highest BCUT2D eigenvalue weighted by Gasteiger charge is 2.36. The third-order valence-electron chi connectivity index (χ3n) is 3.72. The summed E-state index contributed by atoms with van der Waals surface area (Å²) in [5.74, 6) is -0.0621. The van der Waals surface area contributed by atoms with Crippen LogP contribution in [0.4, 0.5) is 5.69 Å². The van der Waals surface area contributed by atoms with Gasteiger partial charge < -0.3 is 20.6 Å². The van der Waals surface area contributed by atoms with Crippen LogP contribution in [-0.2, 0) is 4.79 Å². The Bertz CT molecular complexity index is 728. The smallest absolute Gasteiger partial charge is 0.323 e. The van der Waals surface area contributed by atoms with E-state index in [0.717, 1.165) is 23.9 Å². The SMILES string of the molecule is CC1(C(=O)Nc2cc3[nH]c(=O)[nH]c3cc2Br)CCCN1. The zero-order chi connectivity index (χ0) is 14.3. The molecule has 1 atom stereocenters. The number of imidazole rings is 1. The molecule has 1 saturated heterocycles. The molecule has 0 radical (unpaired) electrons. The lowest BCUT2D eigenvalue weighted by atomic mass is 9.99. The predicted molar refractivity (Wildman–Crippen MR) is 80.9 cm³/mol. The van der Waals surface area contributed by atoms with Crippen molar-refractivity contribution in [3.63, 3.8) is 0 Å². The number of rotatable bonds is 2. The van der Waals surface area contributed by atoms with Crippen LogP contribution in [0.5, 0.6) is 0 Å². The summed E-state index contributed by atoms with van der Waals surface area (Å²) >= 11 is 3.41. The molecule has 20 heavy (non-hydrogen) atoms. The first-order valence-electron chi connectivity index (χ1n) is 6.46. The van der Waals surface area contributed by atoms with E-state index in [0.29, 0.717) is 16.7 Å². The minimum atomic E-state index is -0.528. The maximum absolute atomic E-state index is 12.4. The van der Waals surface area contributed by atoms with Gasteiger partial charge in [0.15, 0.2) is 0 Å². The number of aromatic amines is 2. The van der Waals surface area contributed by atoms with Crippen molar-refractivity contribution in [3.8, 4) is 0 Å². The molecule has 2 aromatic rings. The molecule has 3 rings (SSSR count). The number of halogens is 1. The van der Waals surface area contributed by atoms with Gasteiger partial charge in [-0.3, -0.25) is 4.79 Å². The molecule has 1 aromatic heterocycles. The van der Waals surface area contributed by atoms with Crippen molar-refractivity contribution in [2.24, 2.45) is 0 Å². The van der Waals surface area contributed by atoms with Crippen LogP contribution in [0.3, 0.4) is 0 Å². The summed E-state index contributed by atoms with van der Waals surface area (Å²) in [6.07, 6.45) is 1.81. The van der Waals surface area contributed by atoms with E-state index in [-0.39, 0.29) is 11.6 Å². The molecule has 0 saturated carbocycles. The standard InChI is InChI=1S/C13H15BrN4O2/c1-13(3-2-4-15-13)11(19)16-8-6-10-9(5-7(8)14)17-12(20)18-10/h5-6,15H,2-4H2,1H3,(H,16,19)(H2,17,18,20). The van der Waals surface area contributed by atoms with E-state index >= 15 is 0 Å². The molecule has 4 N–H and O–H groups in total. The van der Waals surface area contributed by atoms with Crippen LogP contribution < -0.4 is 16.3 Å². The van der Waals surface area contributed by atoms with Crippen LogP contribution >= 0.6 is 15.9 Å². The van der Waals surface area contributed by atoms with Crippen LogP contribution in [-0.4, -0.2) is 28.0 Å². The van der Waals surface area contributed by atoms with Crippen molar-refractivity contribution in [1.82, 2.24) is 15.3 Å². The van der Waals surface area contributed by atoms with Gasteiger partial charge in [-0.2, -0.15) is 0 Å². The van der Waals surface area contributed by atoms with Gasteiger partial charge in [0.2, 0.25) is 5.91 Å². The van der Waals surface area contributed by atoms with E-state index in [1.54, 1.807) is 12.1 Å². The third kappa shape index (κ3) is 2.27. The molecule has 1 aliphatic rings. The number of hydrogen-bond acceptors (Lipinski definition) is 3. The Morgan fingerprint density at radius 3 is 2.70 bits per heavy atom. The lowest BCUT2D eigenvalue weighted by molar-refractivity contribution is -0.121. The zero-order valence-electron chi connectivity index (χ0n) is 11.0. The fourth-order valence-electron chi connectivity index (χ4n) is 2.50. The van der Waals surface area contributed by atoms with E-state index in [1.807, 2.05) is 6.92 Å². The van der Waals surface area contributed by atoms with Gasteiger partial charge in [-0.15, -0.1) is 0 Å². The molecule has 1 aliphatic heterocycles. The minimum Gasteiger partial charge on any atom is -0.323 e. The molecule has 1 fully saturated rings. The van der Waals surface area contributed by atoms with Crippen LogP contribution in [0.1, 0.15) is 19.8 Å². The Morgan fingerprint density at radius 2 is 2.05 bits per heavy atom. The Balaban J connectivity index is 1.92. The van der Waals surface area contributed by atoms with Crippen molar-refractivity contribution in [2.45, 2.75) is 25.3 Å². The second kappa shape index (κ2) is 4.75. The normalized spacial score (nSPS) is 22.3.